The number of terminal acetylenes is 1. The van der Waals surface area contributed by atoms with Gasteiger partial charge in [-0.25, -0.2) is 0 Å². The minimum Gasteiger partial charge on any atom is -0.481 e. The molecule has 1 aromatic carbocycles. The summed E-state index contributed by atoms with van der Waals surface area (Å²) >= 11 is 0. The van der Waals surface area contributed by atoms with Crippen molar-refractivity contribution >= 4 is 5.91 Å². The molecule has 1 rings (SSSR count). The Labute approximate surface area is 113 Å². The molecule has 0 aliphatic rings. The molecule has 2 N–H and O–H groups in total. The van der Waals surface area contributed by atoms with Gasteiger partial charge in [-0.2, -0.15) is 0 Å². The van der Waals surface area contributed by atoms with E-state index in [0.717, 1.165) is 11.1 Å². The summed E-state index contributed by atoms with van der Waals surface area (Å²) in [4.78, 5) is 11.6. The zero-order chi connectivity index (χ0) is 14.4. The Hall–Kier alpha value is -1.99. The van der Waals surface area contributed by atoms with Gasteiger partial charge in [-0.3, -0.25) is 4.79 Å². The van der Waals surface area contributed by atoms with Gasteiger partial charge in [-0.05, 0) is 44.0 Å². The number of rotatable bonds is 5. The monoisotopic (exact) mass is 261 g/mol. The van der Waals surface area contributed by atoms with E-state index in [4.69, 9.17) is 11.2 Å². The van der Waals surface area contributed by atoms with E-state index in [1.54, 1.807) is 26.0 Å². The van der Waals surface area contributed by atoms with Crippen LogP contribution in [0, 0.1) is 19.3 Å². The van der Waals surface area contributed by atoms with E-state index < -0.39 is 12.2 Å². The van der Waals surface area contributed by atoms with Crippen LogP contribution in [0.15, 0.2) is 18.2 Å². The number of amides is 1. The highest BCUT2D eigenvalue weighted by molar-refractivity contribution is 5.80. The van der Waals surface area contributed by atoms with Crippen LogP contribution in [0.1, 0.15) is 31.1 Å². The Bertz CT molecular complexity index is 489. The summed E-state index contributed by atoms with van der Waals surface area (Å²) in [5.41, 5.74) is 1.68. The Morgan fingerprint density at radius 1 is 1.53 bits per heavy atom. The second-order valence-electron chi connectivity index (χ2n) is 4.38. The van der Waals surface area contributed by atoms with Crippen molar-refractivity contribution in [3.05, 3.63) is 29.3 Å². The van der Waals surface area contributed by atoms with Gasteiger partial charge in [0.25, 0.3) is 5.91 Å². The largest absolute Gasteiger partial charge is 0.481 e. The van der Waals surface area contributed by atoms with E-state index in [1.807, 2.05) is 13.0 Å². The van der Waals surface area contributed by atoms with Crippen LogP contribution >= 0.6 is 0 Å². The van der Waals surface area contributed by atoms with Crippen molar-refractivity contribution in [1.82, 2.24) is 5.32 Å². The summed E-state index contributed by atoms with van der Waals surface area (Å²) in [5, 5.41) is 12.0. The highest BCUT2D eigenvalue weighted by atomic mass is 16.5. The number of hydrogen-bond donors (Lipinski definition) is 2. The number of aryl methyl sites for hydroxylation is 1. The number of carbonyl (C=O) groups excluding carboxylic acids is 1. The van der Waals surface area contributed by atoms with Gasteiger partial charge in [-0.1, -0.05) is 12.0 Å². The average molecular weight is 261 g/mol. The van der Waals surface area contributed by atoms with Gasteiger partial charge in [0.2, 0.25) is 0 Å². The minimum atomic E-state index is -0.621. The van der Waals surface area contributed by atoms with Crippen molar-refractivity contribution in [2.75, 3.05) is 6.54 Å². The molecule has 0 fully saturated rings. The molecule has 4 heteroatoms. The van der Waals surface area contributed by atoms with Crippen LogP contribution in [0.4, 0.5) is 0 Å². The van der Waals surface area contributed by atoms with Crippen molar-refractivity contribution in [2.45, 2.75) is 33.0 Å². The molecule has 1 unspecified atom stereocenters. The third-order valence-corrected chi connectivity index (χ3v) is 2.72. The lowest BCUT2D eigenvalue weighted by molar-refractivity contribution is -0.127. The summed E-state index contributed by atoms with van der Waals surface area (Å²) in [6.07, 6.45) is 3.92. The topological polar surface area (TPSA) is 58.6 Å². The number of ether oxygens (including phenoxy) is 1. The first-order valence-electron chi connectivity index (χ1n) is 6.12. The maximum Gasteiger partial charge on any atom is 0.261 e. The molecule has 0 radical (unpaired) electrons. The maximum absolute atomic E-state index is 11.6. The van der Waals surface area contributed by atoms with E-state index in [1.165, 1.54) is 0 Å². The third kappa shape index (κ3) is 4.31. The van der Waals surface area contributed by atoms with Crippen LogP contribution in [0.5, 0.6) is 5.75 Å². The minimum absolute atomic E-state index is 0.187. The van der Waals surface area contributed by atoms with Crippen LogP contribution in [0.25, 0.3) is 0 Å². The smallest absolute Gasteiger partial charge is 0.261 e. The normalized spacial score (nSPS) is 13.2. The quantitative estimate of drug-likeness (QED) is 0.791. The van der Waals surface area contributed by atoms with Gasteiger partial charge in [0.15, 0.2) is 6.10 Å². The summed E-state index contributed by atoms with van der Waals surface area (Å²) in [7, 11) is 0. The molecular formula is C15H19NO3. The highest BCUT2D eigenvalue weighted by Crippen LogP contribution is 2.23. The first-order valence-corrected chi connectivity index (χ1v) is 6.12. The van der Waals surface area contributed by atoms with Gasteiger partial charge in [0.05, 0.1) is 12.6 Å². The standard InChI is InChI=1S/C15H19NO3/c1-5-8-16-15(18)12(4)19-14-7-6-13(11(3)17)9-10(14)2/h1,6-7,9,11-12,17H,8H2,2-4H3,(H,16,18)/t11-,12?/m0/s1. The average Bonchev–Trinajstić information content (AvgIpc) is 2.37. The lowest BCUT2D eigenvalue weighted by Gasteiger charge is -2.16. The fraction of sp³-hybridized carbons (Fsp3) is 0.400. The van der Waals surface area contributed by atoms with Crippen LogP contribution in [0.3, 0.4) is 0 Å². The molecule has 0 bridgehead atoms. The fourth-order valence-electron chi connectivity index (χ4n) is 1.59. The Morgan fingerprint density at radius 2 is 2.21 bits per heavy atom. The van der Waals surface area contributed by atoms with Crippen LogP contribution < -0.4 is 10.1 Å². The van der Waals surface area contributed by atoms with Crippen LogP contribution in [-0.2, 0) is 4.79 Å². The molecule has 19 heavy (non-hydrogen) atoms. The number of aliphatic hydroxyl groups is 1. The lowest BCUT2D eigenvalue weighted by Crippen LogP contribution is -2.36. The summed E-state index contributed by atoms with van der Waals surface area (Å²) in [6.45, 7) is 5.42. The van der Waals surface area contributed by atoms with Gasteiger partial charge in [-0.15, -0.1) is 6.42 Å². The predicted molar refractivity (Wildman–Crippen MR) is 73.7 cm³/mol. The molecule has 2 atom stereocenters. The maximum atomic E-state index is 11.6. The van der Waals surface area contributed by atoms with Gasteiger partial charge in [0.1, 0.15) is 5.75 Å². The Kier molecular flexibility index (Phi) is 5.40. The van der Waals surface area contributed by atoms with E-state index in [9.17, 15) is 9.90 Å². The van der Waals surface area contributed by atoms with Crippen molar-refractivity contribution in [2.24, 2.45) is 0 Å². The van der Waals surface area contributed by atoms with Crippen LogP contribution in [0.2, 0.25) is 0 Å². The fourth-order valence-corrected chi connectivity index (χ4v) is 1.59. The summed E-state index contributed by atoms with van der Waals surface area (Å²) < 4.78 is 5.58. The third-order valence-electron chi connectivity index (χ3n) is 2.72. The zero-order valence-corrected chi connectivity index (χ0v) is 11.4. The Balaban J connectivity index is 2.72. The van der Waals surface area contributed by atoms with E-state index >= 15 is 0 Å². The molecule has 1 aromatic rings. The molecular weight excluding hydrogens is 242 g/mol. The van der Waals surface area contributed by atoms with E-state index in [0.29, 0.717) is 5.75 Å². The number of nitrogens with one attached hydrogen (secondary N) is 1. The SMILES string of the molecule is C#CCNC(=O)C(C)Oc1ccc([C@H](C)O)cc1C. The number of benzene rings is 1. The first kappa shape index (κ1) is 15.1. The van der Waals surface area contributed by atoms with Crippen molar-refractivity contribution in [1.29, 1.82) is 0 Å². The molecule has 0 saturated carbocycles. The number of hydrogen-bond acceptors (Lipinski definition) is 3. The second-order valence-corrected chi connectivity index (χ2v) is 4.38. The molecule has 0 aliphatic heterocycles. The van der Waals surface area contributed by atoms with E-state index in [2.05, 4.69) is 11.2 Å². The number of aliphatic hydroxyl groups excluding tert-OH is 1. The molecule has 4 nitrogen and oxygen atoms in total. The first-order chi connectivity index (χ1) is 8.95. The van der Waals surface area contributed by atoms with E-state index in [-0.39, 0.29) is 12.5 Å². The molecule has 1 amide bonds. The molecule has 102 valence electrons. The molecule has 0 heterocycles. The highest BCUT2D eigenvalue weighted by Gasteiger charge is 2.15. The molecule has 0 saturated heterocycles. The number of carbonyl (C=O) groups is 1. The van der Waals surface area contributed by atoms with Crippen LogP contribution in [-0.4, -0.2) is 23.7 Å². The summed E-state index contributed by atoms with van der Waals surface area (Å²) in [6, 6.07) is 5.37. The van der Waals surface area contributed by atoms with Gasteiger partial charge in [0, 0.05) is 0 Å². The lowest BCUT2D eigenvalue weighted by atomic mass is 10.1. The summed E-state index contributed by atoms with van der Waals surface area (Å²) in [5.74, 6) is 2.70. The Morgan fingerprint density at radius 3 is 2.74 bits per heavy atom. The molecule has 0 aliphatic carbocycles. The van der Waals surface area contributed by atoms with Gasteiger partial charge < -0.3 is 15.2 Å². The zero-order valence-electron chi connectivity index (χ0n) is 11.4. The van der Waals surface area contributed by atoms with Crippen molar-refractivity contribution in [3.63, 3.8) is 0 Å². The molecule has 0 spiro atoms. The van der Waals surface area contributed by atoms with Crippen molar-refractivity contribution < 1.29 is 14.6 Å². The van der Waals surface area contributed by atoms with Crippen molar-refractivity contribution in [3.8, 4) is 18.1 Å². The molecule has 0 aromatic heterocycles. The van der Waals surface area contributed by atoms with Gasteiger partial charge >= 0.3 is 0 Å². The predicted octanol–water partition coefficient (Wildman–Crippen LogP) is 1.57. The second kappa shape index (κ2) is 6.81.